The Labute approximate surface area is 188 Å². The summed E-state index contributed by atoms with van der Waals surface area (Å²) in [6, 6.07) is 11.1. The highest BCUT2D eigenvalue weighted by Crippen LogP contribution is 2.35. The summed E-state index contributed by atoms with van der Waals surface area (Å²) in [6.07, 6.45) is -4.37. The van der Waals surface area contributed by atoms with Gasteiger partial charge in [0.15, 0.2) is 6.61 Å². The first-order chi connectivity index (χ1) is 13.1. The Morgan fingerprint density at radius 1 is 1.03 bits per heavy atom. The number of benzene rings is 1. The first-order valence-corrected chi connectivity index (χ1v) is 9.41. The van der Waals surface area contributed by atoms with E-state index in [0.29, 0.717) is 0 Å². The van der Waals surface area contributed by atoms with E-state index in [1.54, 1.807) is 12.1 Å². The lowest BCUT2D eigenvalue weighted by Gasteiger charge is -2.28. The van der Waals surface area contributed by atoms with Gasteiger partial charge in [-0.2, -0.15) is 13.2 Å². The van der Waals surface area contributed by atoms with Crippen molar-refractivity contribution in [2.45, 2.75) is 32.4 Å². The van der Waals surface area contributed by atoms with Crippen molar-refractivity contribution in [2.75, 3.05) is 37.7 Å². The van der Waals surface area contributed by atoms with Gasteiger partial charge in [0.05, 0.1) is 5.69 Å². The number of nitrogens with zero attached hydrogens (tertiary/aromatic N) is 2. The van der Waals surface area contributed by atoms with Gasteiger partial charge >= 0.3 is 6.18 Å². The number of piperazine rings is 1. The van der Waals surface area contributed by atoms with Crippen molar-refractivity contribution < 1.29 is 17.9 Å². The van der Waals surface area contributed by atoms with Gasteiger partial charge < -0.3 is 15.0 Å². The molecule has 1 aliphatic heterocycles. The number of nitrogens with one attached hydrogen (secondary N) is 1. The monoisotopic (exact) mass is 465 g/mol. The zero-order valence-corrected chi connectivity index (χ0v) is 18.9. The minimum atomic E-state index is -4.37. The normalized spacial score (nSPS) is 14.5. The fourth-order valence-electron chi connectivity index (χ4n) is 3.21. The van der Waals surface area contributed by atoms with E-state index in [2.05, 4.69) is 10.2 Å². The first kappa shape index (κ1) is 26.3. The topological polar surface area (TPSA) is 37.4 Å². The summed E-state index contributed by atoms with van der Waals surface area (Å²) in [5, 5.41) is 3.32. The van der Waals surface area contributed by atoms with Crippen molar-refractivity contribution >= 4 is 30.6 Å². The minimum Gasteiger partial charge on any atom is -0.484 e. The van der Waals surface area contributed by atoms with E-state index >= 15 is 0 Å². The van der Waals surface area contributed by atoms with Crippen LogP contribution in [0.1, 0.15) is 26.3 Å². The molecule has 1 N–H and O–H groups in total. The van der Waals surface area contributed by atoms with Crippen molar-refractivity contribution in [3.63, 3.8) is 0 Å². The number of rotatable bonds is 4. The molecular weight excluding hydrogens is 438 g/mol. The van der Waals surface area contributed by atoms with E-state index in [4.69, 9.17) is 9.72 Å². The zero-order valence-electron chi connectivity index (χ0n) is 17.3. The van der Waals surface area contributed by atoms with E-state index < -0.39 is 12.8 Å². The van der Waals surface area contributed by atoms with Crippen LogP contribution in [0.2, 0.25) is 0 Å². The zero-order chi connectivity index (χ0) is 20.4. The molecule has 0 amide bonds. The molecule has 4 nitrogen and oxygen atoms in total. The van der Waals surface area contributed by atoms with Crippen LogP contribution in [0.15, 0.2) is 36.4 Å². The van der Waals surface area contributed by atoms with E-state index in [1.807, 2.05) is 45.0 Å². The predicted octanol–water partition coefficient (Wildman–Crippen LogP) is 5.24. The summed E-state index contributed by atoms with van der Waals surface area (Å²) in [4.78, 5) is 7.01. The van der Waals surface area contributed by atoms with Crippen LogP contribution in [0, 0.1) is 0 Å². The van der Waals surface area contributed by atoms with Gasteiger partial charge in [-0.1, -0.05) is 26.8 Å². The average Bonchev–Trinajstić information content (AvgIpc) is 2.66. The van der Waals surface area contributed by atoms with Gasteiger partial charge in [-0.05, 0) is 35.7 Å². The van der Waals surface area contributed by atoms with Crippen molar-refractivity contribution in [2.24, 2.45) is 0 Å². The third-order valence-corrected chi connectivity index (χ3v) is 4.65. The van der Waals surface area contributed by atoms with Crippen molar-refractivity contribution in [1.82, 2.24) is 10.3 Å². The summed E-state index contributed by atoms with van der Waals surface area (Å²) < 4.78 is 42.8. The first-order valence-electron chi connectivity index (χ1n) is 9.41. The van der Waals surface area contributed by atoms with Crippen LogP contribution in [0.3, 0.4) is 0 Å². The molecule has 3 rings (SSSR count). The Hall–Kier alpha value is -1.70. The SMILES string of the molecule is CC(C)(C)c1cc(-c2cccc(N3CCNCC3)n2)ccc1OCC(F)(F)F.Cl.Cl. The molecule has 30 heavy (non-hydrogen) atoms. The summed E-state index contributed by atoms with van der Waals surface area (Å²) in [5.74, 6) is 1.17. The third kappa shape index (κ3) is 6.93. The van der Waals surface area contributed by atoms with Crippen LogP contribution in [-0.2, 0) is 5.41 Å². The molecule has 1 fully saturated rings. The number of aromatic nitrogens is 1. The molecule has 0 aliphatic carbocycles. The second kappa shape index (κ2) is 10.6. The van der Waals surface area contributed by atoms with Crippen LogP contribution in [0.5, 0.6) is 5.75 Å². The molecule has 9 heteroatoms. The van der Waals surface area contributed by atoms with Gasteiger partial charge in [0.1, 0.15) is 11.6 Å². The number of hydrogen-bond acceptors (Lipinski definition) is 4. The lowest BCUT2D eigenvalue weighted by molar-refractivity contribution is -0.153. The van der Waals surface area contributed by atoms with Gasteiger partial charge in [0.25, 0.3) is 0 Å². The van der Waals surface area contributed by atoms with Gasteiger partial charge in [0, 0.05) is 37.3 Å². The average molecular weight is 466 g/mol. The van der Waals surface area contributed by atoms with Crippen LogP contribution in [-0.4, -0.2) is 43.9 Å². The summed E-state index contributed by atoms with van der Waals surface area (Å²) >= 11 is 0. The van der Waals surface area contributed by atoms with E-state index in [9.17, 15) is 13.2 Å². The maximum absolute atomic E-state index is 12.6. The smallest absolute Gasteiger partial charge is 0.422 e. The maximum Gasteiger partial charge on any atom is 0.422 e. The number of pyridine rings is 1. The predicted molar refractivity (Wildman–Crippen MR) is 120 cm³/mol. The molecule has 0 atom stereocenters. The molecule has 0 spiro atoms. The number of halogens is 5. The van der Waals surface area contributed by atoms with Crippen LogP contribution in [0.25, 0.3) is 11.3 Å². The molecule has 0 saturated carbocycles. The van der Waals surface area contributed by atoms with Gasteiger partial charge in [-0.25, -0.2) is 4.98 Å². The Morgan fingerprint density at radius 3 is 2.30 bits per heavy atom. The molecule has 1 aliphatic rings. The van der Waals surface area contributed by atoms with Gasteiger partial charge in [0.2, 0.25) is 0 Å². The standard InChI is InChI=1S/C21H26F3N3O.2ClH/c1-20(2,3)16-13-15(7-8-18(16)28-14-21(22,23)24)17-5-4-6-19(26-17)27-11-9-25-10-12-27;;/h4-8,13,25H,9-12,14H2,1-3H3;2*1H. The highest BCUT2D eigenvalue weighted by atomic mass is 35.5. The summed E-state index contributed by atoms with van der Waals surface area (Å²) in [6.45, 7) is 8.20. The van der Waals surface area contributed by atoms with Crippen molar-refractivity contribution in [1.29, 1.82) is 0 Å². The van der Waals surface area contributed by atoms with E-state index in [1.165, 1.54) is 0 Å². The van der Waals surface area contributed by atoms with Crippen LogP contribution in [0.4, 0.5) is 19.0 Å². The number of anilines is 1. The molecule has 0 radical (unpaired) electrons. The van der Waals surface area contributed by atoms with Crippen molar-refractivity contribution in [3.05, 3.63) is 42.0 Å². The largest absolute Gasteiger partial charge is 0.484 e. The highest BCUT2D eigenvalue weighted by molar-refractivity contribution is 5.85. The second-order valence-electron chi connectivity index (χ2n) is 7.98. The molecule has 2 aromatic rings. The Bertz CT molecular complexity index is 820. The van der Waals surface area contributed by atoms with Gasteiger partial charge in [-0.15, -0.1) is 24.8 Å². The lowest BCUT2D eigenvalue weighted by atomic mass is 9.85. The van der Waals surface area contributed by atoms with Crippen molar-refractivity contribution in [3.8, 4) is 17.0 Å². The Kier molecular flexibility index (Phi) is 9.26. The van der Waals surface area contributed by atoms with Gasteiger partial charge in [-0.3, -0.25) is 0 Å². The lowest BCUT2D eigenvalue weighted by Crippen LogP contribution is -2.43. The number of hydrogen-bond donors (Lipinski definition) is 1. The fourth-order valence-corrected chi connectivity index (χ4v) is 3.21. The quantitative estimate of drug-likeness (QED) is 0.669. The highest BCUT2D eigenvalue weighted by Gasteiger charge is 2.30. The minimum absolute atomic E-state index is 0. The molecular formula is C21H28Cl2F3N3O. The Morgan fingerprint density at radius 2 is 1.70 bits per heavy atom. The molecule has 0 bridgehead atoms. The molecule has 2 heterocycles. The number of ether oxygens (including phenoxy) is 1. The second-order valence-corrected chi connectivity index (χ2v) is 7.98. The van der Waals surface area contributed by atoms with E-state index in [0.717, 1.165) is 48.8 Å². The fraction of sp³-hybridized carbons (Fsp3) is 0.476. The third-order valence-electron chi connectivity index (χ3n) is 4.65. The van der Waals surface area contributed by atoms with Crippen LogP contribution >= 0.6 is 24.8 Å². The summed E-state index contributed by atoms with van der Waals surface area (Å²) in [5.41, 5.74) is 2.02. The maximum atomic E-state index is 12.6. The Balaban J connectivity index is 0.00000225. The molecule has 168 valence electrons. The molecule has 1 aromatic heterocycles. The van der Waals surface area contributed by atoms with E-state index in [-0.39, 0.29) is 36.0 Å². The molecule has 0 unspecified atom stereocenters. The summed E-state index contributed by atoms with van der Waals surface area (Å²) in [7, 11) is 0. The number of alkyl halides is 3. The van der Waals surface area contributed by atoms with Crippen LogP contribution < -0.4 is 15.0 Å². The molecule has 1 saturated heterocycles. The molecule has 1 aromatic carbocycles.